The Kier molecular flexibility index (Phi) is 5.82. The summed E-state index contributed by atoms with van der Waals surface area (Å²) in [6.45, 7) is 0.819. The summed E-state index contributed by atoms with van der Waals surface area (Å²) in [5, 5.41) is 2.62. The van der Waals surface area contributed by atoms with E-state index < -0.39 is 61.7 Å². The summed E-state index contributed by atoms with van der Waals surface area (Å²) in [7, 11) is -2.62. The highest BCUT2D eigenvalue weighted by atomic mass is 35.5. The molecular weight excluding hydrogens is 575 g/mol. The van der Waals surface area contributed by atoms with Crippen LogP contribution in [-0.4, -0.2) is 56.4 Å². The molecule has 2 saturated heterocycles. The molecule has 0 saturated carbocycles. The van der Waals surface area contributed by atoms with Gasteiger partial charge >= 0.3 is 6.18 Å². The minimum Gasteiger partial charge on any atom is -0.374 e. The van der Waals surface area contributed by atoms with Crippen molar-refractivity contribution in [1.82, 2.24) is 4.90 Å². The SMILES string of the molecule is O=C(C1CS(O)(O)C1)N1CC2(C1)OCc1cc(C3=NO[C@@](c4cc(Cl)c(F)c(Cl)c4)(C(F)(F)F)C3)ccc12. The third-order valence-corrected chi connectivity index (χ3v) is 9.98. The topological polar surface area (TPSA) is 91.6 Å². The summed E-state index contributed by atoms with van der Waals surface area (Å²) >= 11 is 11.5. The molecule has 0 radical (unpaired) electrons. The zero-order chi connectivity index (χ0) is 27.3. The van der Waals surface area contributed by atoms with E-state index in [1.165, 1.54) is 0 Å². The van der Waals surface area contributed by atoms with Crippen molar-refractivity contribution >= 4 is 45.4 Å². The van der Waals surface area contributed by atoms with Crippen LogP contribution in [0.5, 0.6) is 0 Å². The Labute approximate surface area is 225 Å². The Hall–Kier alpha value is -2.09. The van der Waals surface area contributed by atoms with E-state index in [0.29, 0.717) is 18.7 Å². The third-order valence-electron chi connectivity index (χ3n) is 7.56. The number of amides is 1. The van der Waals surface area contributed by atoms with E-state index in [-0.39, 0.29) is 29.7 Å². The van der Waals surface area contributed by atoms with Crippen molar-refractivity contribution in [2.45, 2.75) is 30.4 Å². The van der Waals surface area contributed by atoms with Crippen LogP contribution in [0, 0.1) is 11.7 Å². The van der Waals surface area contributed by atoms with Crippen LogP contribution in [0.15, 0.2) is 35.5 Å². The monoisotopic (exact) mass is 594 g/mol. The molecule has 1 amide bonds. The maximum Gasteiger partial charge on any atom is 0.435 e. The predicted molar refractivity (Wildman–Crippen MR) is 132 cm³/mol. The first-order valence-electron chi connectivity index (χ1n) is 11.5. The Morgan fingerprint density at radius 3 is 2.39 bits per heavy atom. The van der Waals surface area contributed by atoms with Gasteiger partial charge < -0.3 is 14.5 Å². The van der Waals surface area contributed by atoms with Crippen molar-refractivity contribution in [3.05, 3.63) is 68.4 Å². The van der Waals surface area contributed by atoms with Crippen LogP contribution in [-0.2, 0) is 32.2 Å². The van der Waals surface area contributed by atoms with Gasteiger partial charge in [-0.25, -0.2) is 4.39 Å². The molecule has 0 bridgehead atoms. The summed E-state index contributed by atoms with van der Waals surface area (Å²) < 4.78 is 81.9. The van der Waals surface area contributed by atoms with Crippen LogP contribution in [0.3, 0.4) is 0 Å². The lowest BCUT2D eigenvalue weighted by Crippen LogP contribution is -2.63. The fourth-order valence-electron chi connectivity index (χ4n) is 5.46. The number of hydrogen-bond donors (Lipinski definition) is 2. The second-order valence-corrected chi connectivity index (χ2v) is 13.2. The Morgan fingerprint density at radius 1 is 1.13 bits per heavy atom. The van der Waals surface area contributed by atoms with Gasteiger partial charge in [-0.2, -0.15) is 23.8 Å². The van der Waals surface area contributed by atoms with Crippen LogP contribution in [0.25, 0.3) is 0 Å². The lowest BCUT2D eigenvalue weighted by atomic mass is 9.82. The fourth-order valence-corrected chi connectivity index (χ4v) is 7.43. The number of likely N-dealkylation sites (tertiary alicyclic amines) is 1. The molecule has 2 aromatic rings. The number of ether oxygens (including phenoxy) is 1. The summed E-state index contributed by atoms with van der Waals surface area (Å²) in [6.07, 6.45) is -5.59. The van der Waals surface area contributed by atoms with Crippen LogP contribution < -0.4 is 0 Å². The highest BCUT2D eigenvalue weighted by Gasteiger charge is 2.63. The molecule has 7 nitrogen and oxygen atoms in total. The first-order valence-corrected chi connectivity index (χ1v) is 14.1. The molecule has 38 heavy (non-hydrogen) atoms. The summed E-state index contributed by atoms with van der Waals surface area (Å²) in [5.41, 5.74) is -2.02. The molecule has 204 valence electrons. The van der Waals surface area contributed by atoms with Gasteiger partial charge in [0, 0.05) is 12.0 Å². The van der Waals surface area contributed by atoms with Crippen LogP contribution in [0.1, 0.15) is 28.7 Å². The minimum absolute atomic E-state index is 0.0389. The number of carbonyl (C=O) groups is 1. The molecule has 1 atom stereocenters. The number of benzene rings is 2. The van der Waals surface area contributed by atoms with E-state index in [1.54, 1.807) is 23.1 Å². The Bertz CT molecular complexity index is 1370. The van der Waals surface area contributed by atoms with E-state index in [0.717, 1.165) is 23.3 Å². The van der Waals surface area contributed by atoms with E-state index in [1.807, 2.05) is 0 Å². The largest absolute Gasteiger partial charge is 0.435 e. The fraction of sp³-hybridized carbons (Fsp3) is 0.417. The van der Waals surface area contributed by atoms with Crippen molar-refractivity contribution < 1.29 is 41.0 Å². The molecule has 2 aromatic carbocycles. The molecule has 0 aromatic heterocycles. The van der Waals surface area contributed by atoms with Crippen LogP contribution >= 0.6 is 33.8 Å². The highest BCUT2D eigenvalue weighted by Crippen LogP contribution is 2.54. The summed E-state index contributed by atoms with van der Waals surface area (Å²) in [4.78, 5) is 19.2. The number of alkyl halides is 3. The maximum absolute atomic E-state index is 14.3. The van der Waals surface area contributed by atoms with Gasteiger partial charge in [-0.1, -0.05) is 40.5 Å². The molecule has 4 heterocycles. The van der Waals surface area contributed by atoms with Crippen molar-refractivity contribution in [3.63, 3.8) is 0 Å². The predicted octanol–water partition coefficient (Wildman–Crippen LogP) is 5.66. The van der Waals surface area contributed by atoms with E-state index in [9.17, 15) is 31.5 Å². The van der Waals surface area contributed by atoms with Gasteiger partial charge in [-0.15, -0.1) is 0 Å². The second-order valence-electron chi connectivity index (χ2n) is 10.1. The van der Waals surface area contributed by atoms with Gasteiger partial charge in [0.1, 0.15) is 5.60 Å². The number of rotatable bonds is 3. The van der Waals surface area contributed by atoms with E-state index in [2.05, 4.69) is 5.16 Å². The van der Waals surface area contributed by atoms with E-state index in [4.69, 9.17) is 32.8 Å². The molecule has 14 heteroatoms. The van der Waals surface area contributed by atoms with Crippen LogP contribution in [0.2, 0.25) is 10.0 Å². The van der Waals surface area contributed by atoms with Crippen molar-refractivity contribution in [3.8, 4) is 0 Å². The van der Waals surface area contributed by atoms with Gasteiger partial charge in [0.05, 0.1) is 52.9 Å². The van der Waals surface area contributed by atoms with Gasteiger partial charge in [0.2, 0.25) is 5.91 Å². The van der Waals surface area contributed by atoms with Gasteiger partial charge in [0.25, 0.3) is 5.60 Å². The number of nitrogens with zero attached hydrogens (tertiary/aromatic N) is 2. The number of hydrogen-bond acceptors (Lipinski definition) is 6. The van der Waals surface area contributed by atoms with Crippen LogP contribution in [0.4, 0.5) is 17.6 Å². The van der Waals surface area contributed by atoms with Gasteiger partial charge in [-0.3, -0.25) is 13.9 Å². The van der Waals surface area contributed by atoms with Crippen molar-refractivity contribution in [1.29, 1.82) is 0 Å². The molecule has 2 N–H and O–H groups in total. The lowest BCUT2D eigenvalue weighted by molar-refractivity contribution is -0.275. The normalized spacial score (nSPS) is 26.3. The third kappa shape index (κ3) is 3.91. The molecule has 1 spiro atoms. The molecule has 0 aliphatic carbocycles. The Balaban J connectivity index is 1.21. The molecule has 2 fully saturated rings. The molecular formula is C24H20Cl2F4N2O5S. The number of fused-ring (bicyclic) bond motifs is 2. The molecule has 6 rings (SSSR count). The second kappa shape index (κ2) is 8.45. The summed E-state index contributed by atoms with van der Waals surface area (Å²) in [5.74, 6) is -1.41. The lowest BCUT2D eigenvalue weighted by Gasteiger charge is -2.52. The summed E-state index contributed by atoms with van der Waals surface area (Å²) in [6, 6.07) is 6.74. The minimum atomic E-state index is -4.91. The highest BCUT2D eigenvalue weighted by molar-refractivity contribution is 8.25. The first-order chi connectivity index (χ1) is 17.7. The maximum atomic E-state index is 14.3. The van der Waals surface area contributed by atoms with Gasteiger partial charge in [-0.05, 0) is 34.9 Å². The smallest absolute Gasteiger partial charge is 0.374 e. The molecule has 4 aliphatic rings. The molecule has 0 unspecified atom stereocenters. The quantitative estimate of drug-likeness (QED) is 0.353. The number of halogens is 6. The van der Waals surface area contributed by atoms with Crippen molar-refractivity contribution in [2.24, 2.45) is 11.1 Å². The standard InChI is InChI=1S/C24H20Cl2F4N2O5S/c25-17-4-15(5-18(26)20(17)27)23(24(28,29)30)6-19(31-37-23)12-1-2-16-13(3-12)7-36-22(16)10-32(11-22)21(33)14-8-38(34,35)9-14/h1-5,14,34-35H,6-11H2/t23-/m0/s1. The Morgan fingerprint density at radius 2 is 1.79 bits per heavy atom. The van der Waals surface area contributed by atoms with Crippen molar-refractivity contribution in [2.75, 3.05) is 24.6 Å². The number of carbonyl (C=O) groups excluding carboxylic acids is 1. The molecule has 4 aliphatic heterocycles. The first kappa shape index (κ1) is 26.1. The number of oxime groups is 1. The van der Waals surface area contributed by atoms with E-state index >= 15 is 0 Å². The van der Waals surface area contributed by atoms with Gasteiger partial charge in [0.15, 0.2) is 5.82 Å². The zero-order valence-electron chi connectivity index (χ0n) is 19.4. The average Bonchev–Trinajstić information content (AvgIpc) is 3.42. The average molecular weight is 595 g/mol. The zero-order valence-corrected chi connectivity index (χ0v) is 21.7.